The average molecular weight is 475 g/mol. The monoisotopic (exact) mass is 474 g/mol. The highest BCUT2D eigenvalue weighted by Gasteiger charge is 2.19. The molecule has 1 heterocycles. The van der Waals surface area contributed by atoms with E-state index in [0.717, 1.165) is 48.5 Å². The molecule has 0 radical (unpaired) electrons. The minimum atomic E-state index is -3.99. The molecule has 176 valence electrons. The minimum Gasteiger partial charge on any atom is -0.478 e. The van der Waals surface area contributed by atoms with E-state index in [4.69, 9.17) is 0 Å². The summed E-state index contributed by atoms with van der Waals surface area (Å²) >= 11 is 0. The summed E-state index contributed by atoms with van der Waals surface area (Å²) in [7, 11) is -0.283. The van der Waals surface area contributed by atoms with Crippen molar-refractivity contribution in [2.75, 3.05) is 23.2 Å². The van der Waals surface area contributed by atoms with Crippen LogP contribution in [0.15, 0.2) is 47.4 Å². The number of hydrogen-bond acceptors (Lipinski definition) is 5. The molecular weight excluding hydrogens is 447 g/mol. The first kappa shape index (κ1) is 24.2. The van der Waals surface area contributed by atoms with Crippen molar-refractivity contribution in [3.05, 3.63) is 70.8 Å². The van der Waals surface area contributed by atoms with Crippen molar-refractivity contribution >= 4 is 27.4 Å². The highest BCUT2D eigenvalue weighted by atomic mass is 32.2. The second-order valence-corrected chi connectivity index (χ2v) is 9.58. The van der Waals surface area contributed by atoms with E-state index in [9.17, 15) is 22.7 Å². The maximum Gasteiger partial charge on any atom is 0.337 e. The van der Waals surface area contributed by atoms with E-state index in [0.29, 0.717) is 12.2 Å². The van der Waals surface area contributed by atoms with Gasteiger partial charge in [0.2, 0.25) is 0 Å². The lowest BCUT2D eigenvalue weighted by molar-refractivity contribution is 0.0697. The van der Waals surface area contributed by atoms with Crippen molar-refractivity contribution in [3.8, 4) is 0 Å². The molecule has 1 aromatic heterocycles. The predicted octanol–water partition coefficient (Wildman–Crippen LogP) is 3.74. The van der Waals surface area contributed by atoms with Gasteiger partial charge in [0.25, 0.3) is 10.0 Å². The molecule has 0 atom stereocenters. The Labute approximate surface area is 192 Å². The lowest BCUT2D eigenvalue weighted by atomic mass is 10.1. The summed E-state index contributed by atoms with van der Waals surface area (Å²) in [5, 5.41) is 14.1. The largest absolute Gasteiger partial charge is 0.478 e. The van der Waals surface area contributed by atoms with Crippen molar-refractivity contribution < 1.29 is 22.7 Å². The molecule has 10 heteroatoms. The summed E-state index contributed by atoms with van der Waals surface area (Å²) in [5.74, 6) is -1.72. The van der Waals surface area contributed by atoms with E-state index in [2.05, 4.69) is 9.82 Å². The van der Waals surface area contributed by atoms with Gasteiger partial charge in [-0.1, -0.05) is 0 Å². The highest BCUT2D eigenvalue weighted by molar-refractivity contribution is 7.92. The molecule has 3 aromatic rings. The molecule has 0 spiro atoms. The van der Waals surface area contributed by atoms with Gasteiger partial charge in [-0.15, -0.1) is 0 Å². The Morgan fingerprint density at radius 3 is 2.42 bits per heavy atom. The maximum absolute atomic E-state index is 13.1. The van der Waals surface area contributed by atoms with Crippen LogP contribution < -0.4 is 9.62 Å². The van der Waals surface area contributed by atoms with Crippen LogP contribution in [0.2, 0.25) is 0 Å². The molecule has 0 amide bonds. The first-order valence-electron chi connectivity index (χ1n) is 10.4. The van der Waals surface area contributed by atoms with Crippen molar-refractivity contribution in [2.24, 2.45) is 7.05 Å². The fourth-order valence-electron chi connectivity index (χ4n) is 3.72. The molecule has 0 saturated heterocycles. The van der Waals surface area contributed by atoms with Crippen molar-refractivity contribution in [2.45, 2.75) is 31.6 Å². The number of carboxylic acid groups (broad SMARTS) is 1. The van der Waals surface area contributed by atoms with Crippen LogP contribution in [0.4, 0.5) is 15.8 Å². The zero-order valence-electron chi connectivity index (χ0n) is 19.0. The number of rotatable bonds is 9. The Morgan fingerprint density at radius 1 is 1.18 bits per heavy atom. The van der Waals surface area contributed by atoms with Crippen molar-refractivity contribution in [1.29, 1.82) is 0 Å². The third-order valence-electron chi connectivity index (χ3n) is 5.59. The van der Waals surface area contributed by atoms with Gasteiger partial charge >= 0.3 is 5.97 Å². The second-order valence-electron chi connectivity index (χ2n) is 7.89. The highest BCUT2D eigenvalue weighted by Crippen LogP contribution is 2.26. The third-order valence-corrected chi connectivity index (χ3v) is 6.99. The number of sulfonamides is 1. The second kappa shape index (κ2) is 9.62. The molecule has 2 aromatic carbocycles. The van der Waals surface area contributed by atoms with Crippen LogP contribution in [-0.2, 0) is 23.5 Å². The van der Waals surface area contributed by atoms with Gasteiger partial charge in [0.05, 0.1) is 21.8 Å². The van der Waals surface area contributed by atoms with Crippen LogP contribution in [0.25, 0.3) is 0 Å². The topological polar surface area (TPSA) is 105 Å². The Kier molecular flexibility index (Phi) is 7.06. The van der Waals surface area contributed by atoms with Crippen LogP contribution in [0, 0.1) is 19.7 Å². The number of nitrogens with one attached hydrogen (secondary N) is 1. The molecule has 0 fully saturated rings. The number of hydrogen-bond donors (Lipinski definition) is 2. The molecule has 0 bridgehead atoms. The number of halogens is 1. The minimum absolute atomic E-state index is 0.0226. The Hall–Kier alpha value is -3.40. The number of anilines is 2. The van der Waals surface area contributed by atoms with Gasteiger partial charge in [0.1, 0.15) is 5.82 Å². The molecule has 8 nitrogen and oxygen atoms in total. The summed E-state index contributed by atoms with van der Waals surface area (Å²) in [5.41, 5.74) is 3.85. The van der Waals surface area contributed by atoms with E-state index in [1.165, 1.54) is 17.7 Å². The van der Waals surface area contributed by atoms with Crippen LogP contribution in [-0.4, -0.2) is 42.9 Å². The number of aromatic carboxylic acids is 1. The van der Waals surface area contributed by atoms with Crippen LogP contribution in [0.3, 0.4) is 0 Å². The number of aromatic nitrogens is 2. The van der Waals surface area contributed by atoms with Crippen LogP contribution >= 0.6 is 0 Å². The van der Waals surface area contributed by atoms with Gasteiger partial charge in [0.15, 0.2) is 0 Å². The summed E-state index contributed by atoms with van der Waals surface area (Å²) in [6.07, 6.45) is 1.61. The summed E-state index contributed by atoms with van der Waals surface area (Å²) in [6.45, 7) is 4.60. The molecule has 33 heavy (non-hydrogen) atoms. The lowest BCUT2D eigenvalue weighted by Crippen LogP contribution is -2.22. The lowest BCUT2D eigenvalue weighted by Gasteiger charge is -2.22. The van der Waals surface area contributed by atoms with E-state index < -0.39 is 21.8 Å². The normalized spacial score (nSPS) is 11.4. The molecule has 0 aliphatic carbocycles. The number of aryl methyl sites for hydroxylation is 2. The smallest absolute Gasteiger partial charge is 0.337 e. The molecule has 3 rings (SSSR count). The Morgan fingerprint density at radius 2 is 1.85 bits per heavy atom. The van der Waals surface area contributed by atoms with Crippen LogP contribution in [0.5, 0.6) is 0 Å². The van der Waals surface area contributed by atoms with Crippen LogP contribution in [0.1, 0.15) is 33.7 Å². The number of benzene rings is 2. The molecule has 0 saturated carbocycles. The summed E-state index contributed by atoms with van der Waals surface area (Å²) < 4.78 is 42.4. The average Bonchev–Trinajstić information content (AvgIpc) is 2.99. The standard InChI is InChI=1S/C23H27FN4O4S/c1-15-20(16(2)28(4)25-15)6-5-13-27(3)22-12-9-18(14-21(22)23(29)30)26-33(31,32)19-10-7-17(24)8-11-19/h7-12,14,26H,5-6,13H2,1-4H3,(H,29,30). The predicted molar refractivity (Wildman–Crippen MR) is 125 cm³/mol. The fourth-order valence-corrected chi connectivity index (χ4v) is 4.77. The van der Waals surface area contributed by atoms with Gasteiger partial charge in [-0.25, -0.2) is 17.6 Å². The van der Waals surface area contributed by atoms with Gasteiger partial charge in [0, 0.05) is 32.0 Å². The van der Waals surface area contributed by atoms with Crippen molar-refractivity contribution in [1.82, 2.24) is 9.78 Å². The van der Waals surface area contributed by atoms with E-state index >= 15 is 0 Å². The van der Waals surface area contributed by atoms with E-state index in [-0.39, 0.29) is 16.1 Å². The van der Waals surface area contributed by atoms with Crippen molar-refractivity contribution in [3.63, 3.8) is 0 Å². The van der Waals surface area contributed by atoms with Gasteiger partial charge in [-0.3, -0.25) is 9.40 Å². The molecule has 0 unspecified atom stereocenters. The number of nitrogens with zero attached hydrogens (tertiary/aromatic N) is 3. The van der Waals surface area contributed by atoms with Gasteiger partial charge < -0.3 is 10.0 Å². The molecule has 2 N–H and O–H groups in total. The Balaban J connectivity index is 1.75. The molecular formula is C23H27FN4O4S. The number of carbonyl (C=O) groups is 1. The first-order chi connectivity index (χ1) is 15.5. The zero-order valence-corrected chi connectivity index (χ0v) is 19.8. The SMILES string of the molecule is Cc1nn(C)c(C)c1CCCN(C)c1ccc(NS(=O)(=O)c2ccc(F)cc2)cc1C(=O)O. The quantitative estimate of drug-likeness (QED) is 0.490. The maximum atomic E-state index is 13.1. The van der Waals surface area contributed by atoms with Gasteiger partial charge in [-0.2, -0.15) is 5.10 Å². The van der Waals surface area contributed by atoms with E-state index in [1.807, 2.05) is 30.5 Å². The zero-order chi connectivity index (χ0) is 24.3. The number of carboxylic acids is 1. The first-order valence-corrected chi connectivity index (χ1v) is 11.8. The molecule has 0 aliphatic rings. The Bertz CT molecular complexity index is 1270. The summed E-state index contributed by atoms with van der Waals surface area (Å²) in [6, 6.07) is 8.74. The molecule has 0 aliphatic heterocycles. The summed E-state index contributed by atoms with van der Waals surface area (Å²) in [4.78, 5) is 13.6. The van der Waals surface area contributed by atoms with E-state index in [1.54, 1.807) is 13.1 Å². The third kappa shape index (κ3) is 5.51. The fraction of sp³-hybridized carbons (Fsp3) is 0.304. The van der Waals surface area contributed by atoms with Gasteiger partial charge in [-0.05, 0) is 74.7 Å².